The monoisotopic (exact) mass is 196 g/mol. The van der Waals surface area contributed by atoms with Crippen LogP contribution in [-0.4, -0.2) is 14.4 Å². The Morgan fingerprint density at radius 1 is 1.69 bits per heavy atom. The molecule has 0 spiro atoms. The van der Waals surface area contributed by atoms with Crippen molar-refractivity contribution in [2.75, 3.05) is 0 Å². The van der Waals surface area contributed by atoms with Gasteiger partial charge in [-0.05, 0) is 39.8 Å². The third-order valence-corrected chi connectivity index (χ3v) is 4.32. The van der Waals surface area contributed by atoms with Crippen LogP contribution in [0.2, 0.25) is 13.1 Å². The first-order valence-corrected chi connectivity index (χ1v) is 7.88. The van der Waals surface area contributed by atoms with E-state index in [0.29, 0.717) is 6.10 Å². The van der Waals surface area contributed by atoms with Crippen molar-refractivity contribution < 1.29 is 4.43 Å². The van der Waals surface area contributed by atoms with Gasteiger partial charge in [-0.1, -0.05) is 16.8 Å². The zero-order valence-electron chi connectivity index (χ0n) is 9.18. The summed E-state index contributed by atoms with van der Waals surface area (Å²) in [5.74, 6) is 0. The van der Waals surface area contributed by atoms with E-state index in [4.69, 9.17) is 4.43 Å². The van der Waals surface area contributed by atoms with Crippen LogP contribution in [0.1, 0.15) is 26.7 Å². The Balaban J connectivity index is 2.64. The summed E-state index contributed by atoms with van der Waals surface area (Å²) in [5, 5.41) is 0. The van der Waals surface area contributed by atoms with Gasteiger partial charge in [0.2, 0.25) is 8.32 Å². The molecule has 1 atom stereocenters. The maximum absolute atomic E-state index is 6.06. The van der Waals surface area contributed by atoms with E-state index in [1.54, 1.807) is 0 Å². The summed E-state index contributed by atoms with van der Waals surface area (Å²) in [6.45, 7) is 12.7. The normalized spacial score (nSPS) is 26.8. The molecule has 0 N–H and O–H groups in total. The van der Waals surface area contributed by atoms with E-state index < -0.39 is 8.32 Å². The molecular formula is C11H20OSi. The molecule has 1 rings (SSSR count). The second-order valence-electron chi connectivity index (χ2n) is 4.70. The Hall–Kier alpha value is -0.343. The molecule has 2 heteroatoms. The van der Waals surface area contributed by atoms with Crippen molar-refractivity contribution in [3.8, 4) is 0 Å². The highest BCUT2D eigenvalue weighted by atomic mass is 28.4. The predicted octanol–water partition coefficient (Wildman–Crippen LogP) is 3.43. The van der Waals surface area contributed by atoms with Gasteiger partial charge in [-0.3, -0.25) is 0 Å². The molecule has 1 unspecified atom stereocenters. The summed E-state index contributed by atoms with van der Waals surface area (Å²) in [7, 11) is -1.49. The van der Waals surface area contributed by atoms with Crippen molar-refractivity contribution in [2.45, 2.75) is 45.9 Å². The molecule has 0 amide bonds. The van der Waals surface area contributed by atoms with E-state index in [-0.39, 0.29) is 0 Å². The first kappa shape index (κ1) is 10.7. The Bertz CT molecular complexity index is 240. The molecule has 1 nitrogen and oxygen atoms in total. The van der Waals surface area contributed by atoms with Crippen LogP contribution in [0.4, 0.5) is 0 Å². The van der Waals surface area contributed by atoms with Crippen molar-refractivity contribution >= 4 is 8.32 Å². The fourth-order valence-corrected chi connectivity index (χ4v) is 4.42. The highest BCUT2D eigenvalue weighted by molar-refractivity contribution is 6.76. The highest BCUT2D eigenvalue weighted by Crippen LogP contribution is 2.26. The van der Waals surface area contributed by atoms with Gasteiger partial charge in [-0.2, -0.15) is 0 Å². The number of hydrogen-bond acceptors (Lipinski definition) is 1. The minimum Gasteiger partial charge on any atom is -0.410 e. The quantitative estimate of drug-likeness (QED) is 0.485. The molecule has 1 heterocycles. The third-order valence-electron chi connectivity index (χ3n) is 2.19. The molecule has 0 aromatic carbocycles. The average molecular weight is 196 g/mol. The average Bonchev–Trinajstić information content (AvgIpc) is 1.78. The van der Waals surface area contributed by atoms with Gasteiger partial charge in [-0.15, -0.1) is 6.58 Å². The van der Waals surface area contributed by atoms with Gasteiger partial charge in [0, 0.05) is 0 Å². The minimum absolute atomic E-state index is 0.393. The fraction of sp³-hybridized carbons (Fsp3) is 0.636. The molecule has 0 aliphatic carbocycles. The van der Waals surface area contributed by atoms with E-state index in [0.717, 1.165) is 12.8 Å². The van der Waals surface area contributed by atoms with Crippen molar-refractivity contribution in [1.29, 1.82) is 0 Å². The summed E-state index contributed by atoms with van der Waals surface area (Å²) in [5.41, 5.74) is 5.07. The van der Waals surface area contributed by atoms with Crippen LogP contribution in [0.15, 0.2) is 23.4 Å². The number of rotatable bonds is 2. The summed E-state index contributed by atoms with van der Waals surface area (Å²) in [6, 6.07) is 0. The maximum atomic E-state index is 6.06. The number of hydrogen-bond donors (Lipinski definition) is 0. The summed E-state index contributed by atoms with van der Waals surface area (Å²) < 4.78 is 6.06. The van der Waals surface area contributed by atoms with Crippen molar-refractivity contribution in [2.24, 2.45) is 0 Å². The van der Waals surface area contributed by atoms with Crippen LogP contribution in [0.3, 0.4) is 0 Å². The van der Waals surface area contributed by atoms with Gasteiger partial charge in [0.05, 0.1) is 6.10 Å². The van der Waals surface area contributed by atoms with E-state index >= 15 is 0 Å². The van der Waals surface area contributed by atoms with Gasteiger partial charge < -0.3 is 4.43 Å². The first-order chi connectivity index (χ1) is 5.89. The molecule has 0 aromatic rings. The van der Waals surface area contributed by atoms with Gasteiger partial charge >= 0.3 is 0 Å². The smallest absolute Gasteiger partial charge is 0.211 e. The molecule has 0 saturated heterocycles. The first-order valence-electron chi connectivity index (χ1n) is 4.89. The zero-order valence-corrected chi connectivity index (χ0v) is 10.2. The van der Waals surface area contributed by atoms with E-state index in [1.807, 2.05) is 0 Å². The fourth-order valence-electron chi connectivity index (χ4n) is 2.02. The third kappa shape index (κ3) is 3.49. The lowest BCUT2D eigenvalue weighted by molar-refractivity contribution is 0.190. The Kier molecular flexibility index (Phi) is 3.14. The van der Waals surface area contributed by atoms with Crippen LogP contribution >= 0.6 is 0 Å². The second-order valence-corrected chi connectivity index (χ2v) is 8.43. The molecule has 0 radical (unpaired) electrons. The summed E-state index contributed by atoms with van der Waals surface area (Å²) in [6.07, 6.45) is 2.49. The van der Waals surface area contributed by atoms with E-state index in [1.165, 1.54) is 11.1 Å². The molecule has 0 aromatic heterocycles. The van der Waals surface area contributed by atoms with Gasteiger partial charge in [-0.25, -0.2) is 0 Å². The zero-order chi connectivity index (χ0) is 10.1. The summed E-state index contributed by atoms with van der Waals surface area (Å²) >= 11 is 0. The Morgan fingerprint density at radius 2 is 2.31 bits per heavy atom. The van der Waals surface area contributed by atoms with Crippen LogP contribution in [0.5, 0.6) is 0 Å². The minimum atomic E-state index is -1.49. The van der Waals surface area contributed by atoms with Gasteiger partial charge in [0.15, 0.2) is 0 Å². The van der Waals surface area contributed by atoms with Crippen molar-refractivity contribution in [1.82, 2.24) is 0 Å². The van der Waals surface area contributed by atoms with Crippen molar-refractivity contribution in [3.63, 3.8) is 0 Å². The lowest BCUT2D eigenvalue weighted by Gasteiger charge is -2.32. The highest BCUT2D eigenvalue weighted by Gasteiger charge is 2.28. The molecular weight excluding hydrogens is 176 g/mol. The second kappa shape index (κ2) is 3.80. The van der Waals surface area contributed by atoms with E-state index in [2.05, 4.69) is 39.2 Å². The standard InChI is InChI=1S/C11H20OSi/c1-9(2)6-11-7-10(3)8-13(4,5)12-11/h8,11H,1,6-7H2,2-5H3. The predicted molar refractivity (Wildman–Crippen MR) is 60.2 cm³/mol. The molecule has 0 fully saturated rings. The largest absolute Gasteiger partial charge is 0.410 e. The van der Waals surface area contributed by atoms with Gasteiger partial charge in [0.25, 0.3) is 0 Å². The summed E-state index contributed by atoms with van der Waals surface area (Å²) in [4.78, 5) is 0. The molecule has 74 valence electrons. The van der Waals surface area contributed by atoms with Crippen molar-refractivity contribution in [3.05, 3.63) is 23.4 Å². The molecule has 0 bridgehead atoms. The lowest BCUT2D eigenvalue weighted by atomic mass is 10.1. The topological polar surface area (TPSA) is 9.23 Å². The maximum Gasteiger partial charge on any atom is 0.211 e. The molecule has 1 aliphatic rings. The van der Waals surface area contributed by atoms with Crippen LogP contribution < -0.4 is 0 Å². The Morgan fingerprint density at radius 3 is 2.77 bits per heavy atom. The lowest BCUT2D eigenvalue weighted by Crippen LogP contribution is -2.37. The SMILES string of the molecule is C=C(C)CC1CC(C)=C[Si](C)(C)O1. The van der Waals surface area contributed by atoms with Crippen LogP contribution in [0.25, 0.3) is 0 Å². The molecule has 0 saturated carbocycles. The molecule has 13 heavy (non-hydrogen) atoms. The molecule has 1 aliphatic heterocycles. The van der Waals surface area contributed by atoms with Crippen LogP contribution in [-0.2, 0) is 4.43 Å². The van der Waals surface area contributed by atoms with Crippen LogP contribution in [0, 0.1) is 0 Å². The van der Waals surface area contributed by atoms with E-state index in [9.17, 15) is 0 Å². The Labute approximate surface area is 82.6 Å². The van der Waals surface area contributed by atoms with Gasteiger partial charge in [0.1, 0.15) is 0 Å².